The average molecular weight is 399 g/mol. The lowest BCUT2D eigenvalue weighted by Crippen LogP contribution is -2.17. The maximum Gasteiger partial charge on any atom is 0.252 e. The van der Waals surface area contributed by atoms with E-state index in [-0.39, 0.29) is 5.56 Å². The van der Waals surface area contributed by atoms with Gasteiger partial charge in [0, 0.05) is 45.7 Å². The van der Waals surface area contributed by atoms with Crippen molar-refractivity contribution < 1.29 is 4.39 Å². The minimum atomic E-state index is -1.32. The van der Waals surface area contributed by atoms with Crippen LogP contribution in [0.15, 0.2) is 58.8 Å². The van der Waals surface area contributed by atoms with Gasteiger partial charge in [0.1, 0.15) is 5.65 Å². The number of fused-ring (bicyclic) bond motifs is 1. The predicted octanol–water partition coefficient (Wildman–Crippen LogP) is 5.68. The molecule has 4 aromatic rings. The number of alkyl halides is 1. The highest BCUT2D eigenvalue weighted by molar-refractivity contribution is 7.13. The number of benzene rings is 1. The Labute approximate surface area is 164 Å². The fourth-order valence-electron chi connectivity index (χ4n) is 3.08. The summed E-state index contributed by atoms with van der Waals surface area (Å²) in [6.45, 7) is 2.01. The summed E-state index contributed by atoms with van der Waals surface area (Å²) in [6, 6.07) is 12.1. The molecule has 0 aliphatic rings. The van der Waals surface area contributed by atoms with Gasteiger partial charge in [-0.3, -0.25) is 9.36 Å². The quantitative estimate of drug-likeness (QED) is 0.444. The Kier molecular flexibility index (Phi) is 4.58. The summed E-state index contributed by atoms with van der Waals surface area (Å²) in [4.78, 5) is 17.7. The Hall–Kier alpha value is -2.50. The van der Waals surface area contributed by atoms with E-state index in [1.54, 1.807) is 54.8 Å². The van der Waals surface area contributed by atoms with Crippen LogP contribution >= 0.6 is 22.9 Å². The van der Waals surface area contributed by atoms with Gasteiger partial charge in [-0.1, -0.05) is 23.7 Å². The maximum atomic E-state index is 15.1. The lowest BCUT2D eigenvalue weighted by Gasteiger charge is -2.13. The molecule has 1 atom stereocenters. The summed E-state index contributed by atoms with van der Waals surface area (Å²) in [5.41, 5.74) is 3.26. The molecule has 27 heavy (non-hydrogen) atoms. The van der Waals surface area contributed by atoms with E-state index in [1.807, 2.05) is 18.4 Å². The van der Waals surface area contributed by atoms with Crippen molar-refractivity contribution in [1.82, 2.24) is 9.55 Å². The number of thiophene rings is 1. The molecule has 4 rings (SSSR count). The minimum absolute atomic E-state index is 0.140. The van der Waals surface area contributed by atoms with Crippen LogP contribution in [0.4, 0.5) is 4.39 Å². The van der Waals surface area contributed by atoms with Gasteiger partial charge in [0.05, 0.1) is 0 Å². The van der Waals surface area contributed by atoms with E-state index < -0.39 is 6.17 Å². The van der Waals surface area contributed by atoms with Gasteiger partial charge in [-0.25, -0.2) is 9.37 Å². The van der Waals surface area contributed by atoms with Gasteiger partial charge in [-0.05, 0) is 47.7 Å². The zero-order valence-electron chi connectivity index (χ0n) is 14.7. The second kappa shape index (κ2) is 6.91. The average Bonchev–Trinajstić information content (AvgIpc) is 3.10. The first-order chi connectivity index (χ1) is 12.9. The lowest BCUT2D eigenvalue weighted by molar-refractivity contribution is 0.401. The number of halogens is 2. The Morgan fingerprint density at radius 3 is 2.56 bits per heavy atom. The first-order valence-corrected chi connectivity index (χ1v) is 9.64. The molecule has 0 radical (unpaired) electrons. The normalized spacial score (nSPS) is 12.4. The van der Waals surface area contributed by atoms with Crippen LogP contribution in [0.3, 0.4) is 0 Å². The van der Waals surface area contributed by atoms with Crippen LogP contribution in [0.1, 0.15) is 22.9 Å². The molecular weight excluding hydrogens is 383 g/mol. The molecule has 3 heterocycles. The van der Waals surface area contributed by atoms with E-state index in [2.05, 4.69) is 4.98 Å². The van der Waals surface area contributed by atoms with Gasteiger partial charge < -0.3 is 0 Å². The van der Waals surface area contributed by atoms with Crippen LogP contribution in [0.25, 0.3) is 21.5 Å². The van der Waals surface area contributed by atoms with Crippen LogP contribution in [-0.2, 0) is 7.05 Å². The molecule has 0 aliphatic heterocycles. The van der Waals surface area contributed by atoms with E-state index in [9.17, 15) is 4.79 Å². The predicted molar refractivity (Wildman–Crippen MR) is 109 cm³/mol. The summed E-state index contributed by atoms with van der Waals surface area (Å²) >= 11 is 7.46. The monoisotopic (exact) mass is 398 g/mol. The molecule has 0 bridgehead atoms. The Bertz CT molecular complexity index is 1200. The highest BCUT2D eigenvalue weighted by Gasteiger charge is 2.17. The molecule has 136 valence electrons. The zero-order valence-corrected chi connectivity index (χ0v) is 16.3. The summed E-state index contributed by atoms with van der Waals surface area (Å²) in [5.74, 6) is 0. The van der Waals surface area contributed by atoms with E-state index in [0.29, 0.717) is 21.8 Å². The fourth-order valence-corrected chi connectivity index (χ4v) is 4.14. The van der Waals surface area contributed by atoms with Gasteiger partial charge in [-0.15, -0.1) is 11.3 Å². The van der Waals surface area contributed by atoms with Crippen molar-refractivity contribution in [3.8, 4) is 10.4 Å². The Balaban J connectivity index is 1.91. The number of pyridine rings is 2. The molecule has 1 aromatic carbocycles. The molecule has 6 heteroatoms. The smallest absolute Gasteiger partial charge is 0.252 e. The number of nitrogens with zero attached hydrogens (tertiary/aromatic N) is 2. The SMILES string of the molecule is Cc1csc(-c2cc(=O)n(C)c3ncc(C(F)c4ccc(Cl)cc4)cc23)c1. The van der Waals surface area contributed by atoms with Crippen molar-refractivity contribution in [3.63, 3.8) is 0 Å². The molecule has 3 nitrogen and oxygen atoms in total. The van der Waals surface area contributed by atoms with Crippen LogP contribution in [0, 0.1) is 6.92 Å². The van der Waals surface area contributed by atoms with E-state index in [1.165, 1.54) is 10.8 Å². The molecule has 0 aliphatic carbocycles. The van der Waals surface area contributed by atoms with Crippen LogP contribution < -0.4 is 5.56 Å². The number of rotatable bonds is 3. The summed E-state index contributed by atoms with van der Waals surface area (Å²) in [7, 11) is 1.67. The highest BCUT2D eigenvalue weighted by Crippen LogP contribution is 2.34. The van der Waals surface area contributed by atoms with Crippen molar-refractivity contribution in [2.45, 2.75) is 13.1 Å². The van der Waals surface area contributed by atoms with Crippen molar-refractivity contribution in [1.29, 1.82) is 0 Å². The molecule has 1 unspecified atom stereocenters. The number of hydrogen-bond acceptors (Lipinski definition) is 3. The summed E-state index contributed by atoms with van der Waals surface area (Å²) in [6.07, 6.45) is 0.166. The van der Waals surface area contributed by atoms with Crippen molar-refractivity contribution in [3.05, 3.63) is 86.1 Å². The highest BCUT2D eigenvalue weighted by atomic mass is 35.5. The second-order valence-corrected chi connectivity index (χ2v) is 7.85. The molecule has 3 aromatic heterocycles. The van der Waals surface area contributed by atoms with Crippen molar-refractivity contribution in [2.75, 3.05) is 0 Å². The van der Waals surface area contributed by atoms with E-state index in [0.717, 1.165) is 21.4 Å². The zero-order chi connectivity index (χ0) is 19.1. The molecule has 0 N–H and O–H groups in total. The van der Waals surface area contributed by atoms with Gasteiger partial charge >= 0.3 is 0 Å². The third kappa shape index (κ3) is 3.29. The van der Waals surface area contributed by atoms with Gasteiger partial charge in [0.15, 0.2) is 6.17 Å². The van der Waals surface area contributed by atoms with Crippen molar-refractivity contribution >= 4 is 34.0 Å². The molecule has 0 amide bonds. The fraction of sp³-hybridized carbons (Fsp3) is 0.143. The maximum absolute atomic E-state index is 15.1. The first-order valence-electron chi connectivity index (χ1n) is 8.39. The summed E-state index contributed by atoms with van der Waals surface area (Å²) in [5, 5.41) is 3.35. The van der Waals surface area contributed by atoms with E-state index >= 15 is 4.39 Å². The number of aryl methyl sites for hydroxylation is 2. The standard InChI is InChI=1S/C21H16ClFN2OS/c1-12-7-18(27-11-12)16-9-19(26)25(2)21-17(16)8-14(10-24-21)20(23)13-3-5-15(22)6-4-13/h3-11,20H,1-2H3. The number of aromatic nitrogens is 2. The Morgan fingerprint density at radius 1 is 1.15 bits per heavy atom. The largest absolute Gasteiger partial charge is 0.296 e. The third-order valence-corrected chi connectivity index (χ3v) is 5.88. The van der Waals surface area contributed by atoms with Crippen LogP contribution in [0.2, 0.25) is 5.02 Å². The first kappa shape index (κ1) is 17.9. The minimum Gasteiger partial charge on any atom is -0.296 e. The topological polar surface area (TPSA) is 34.9 Å². The third-order valence-electron chi connectivity index (χ3n) is 4.55. The molecule has 0 saturated heterocycles. The van der Waals surface area contributed by atoms with Crippen LogP contribution in [0.5, 0.6) is 0 Å². The molecular formula is C21H16ClFN2OS. The van der Waals surface area contributed by atoms with Gasteiger partial charge in [-0.2, -0.15) is 0 Å². The molecule has 0 spiro atoms. The lowest BCUT2D eigenvalue weighted by atomic mass is 10.0. The second-order valence-electron chi connectivity index (χ2n) is 6.50. The molecule has 0 saturated carbocycles. The summed E-state index contributed by atoms with van der Waals surface area (Å²) < 4.78 is 16.6. The molecule has 0 fully saturated rings. The van der Waals surface area contributed by atoms with Crippen LogP contribution in [-0.4, -0.2) is 9.55 Å². The Morgan fingerprint density at radius 2 is 1.89 bits per heavy atom. The van der Waals surface area contributed by atoms with Gasteiger partial charge in [0.2, 0.25) is 0 Å². The van der Waals surface area contributed by atoms with Gasteiger partial charge in [0.25, 0.3) is 5.56 Å². The van der Waals surface area contributed by atoms with E-state index in [4.69, 9.17) is 11.6 Å². The number of hydrogen-bond donors (Lipinski definition) is 0. The van der Waals surface area contributed by atoms with Crippen molar-refractivity contribution in [2.24, 2.45) is 7.05 Å².